The van der Waals surface area contributed by atoms with Gasteiger partial charge in [-0.3, -0.25) is 4.79 Å². The van der Waals surface area contributed by atoms with E-state index in [0.717, 1.165) is 19.3 Å². The predicted molar refractivity (Wildman–Crippen MR) is 101 cm³/mol. The number of amides is 1. The maximum atomic E-state index is 12.8. The number of aromatic nitrogens is 1. The Morgan fingerprint density at radius 2 is 2.17 bits per heavy atom. The predicted octanol–water partition coefficient (Wildman–Crippen LogP) is 4.34. The molecule has 1 saturated heterocycles. The molecule has 1 aliphatic heterocycles. The molecule has 1 amide bonds. The van der Waals surface area contributed by atoms with Crippen molar-refractivity contribution in [3.8, 4) is 23.0 Å². The summed E-state index contributed by atoms with van der Waals surface area (Å²) < 4.78 is 41.6. The SMILES string of the molecule is CCc1oc(-c2ccc(OC(F)F)c(OCC3CC3)c2)nc1C(=O)N1C[CH]CC1. The normalized spacial score (nSPS) is 16.5. The largest absolute Gasteiger partial charge is 0.489 e. The first-order chi connectivity index (χ1) is 14.0. The zero-order valence-corrected chi connectivity index (χ0v) is 16.2. The number of carbonyl (C=O) groups excluding carboxylic acids is 1. The summed E-state index contributed by atoms with van der Waals surface area (Å²) >= 11 is 0. The van der Waals surface area contributed by atoms with Crippen LogP contribution in [0.3, 0.4) is 0 Å². The Balaban J connectivity index is 1.62. The summed E-state index contributed by atoms with van der Waals surface area (Å²) in [6, 6.07) is 4.56. The number of oxazole rings is 1. The van der Waals surface area contributed by atoms with Crippen LogP contribution in [0, 0.1) is 12.3 Å². The van der Waals surface area contributed by atoms with Gasteiger partial charge in [-0.25, -0.2) is 4.98 Å². The molecule has 2 heterocycles. The number of hydrogen-bond acceptors (Lipinski definition) is 5. The van der Waals surface area contributed by atoms with E-state index in [-0.39, 0.29) is 23.3 Å². The van der Waals surface area contributed by atoms with Crippen molar-refractivity contribution in [3.05, 3.63) is 36.1 Å². The number of nitrogens with zero attached hydrogens (tertiary/aromatic N) is 2. The molecule has 2 fully saturated rings. The topological polar surface area (TPSA) is 64.8 Å². The second-order valence-corrected chi connectivity index (χ2v) is 7.27. The van der Waals surface area contributed by atoms with Crippen LogP contribution in [-0.2, 0) is 6.42 Å². The quantitative estimate of drug-likeness (QED) is 0.654. The first kappa shape index (κ1) is 19.7. The highest BCUT2D eigenvalue weighted by molar-refractivity contribution is 5.94. The summed E-state index contributed by atoms with van der Waals surface area (Å²) in [7, 11) is 0. The fourth-order valence-corrected chi connectivity index (χ4v) is 3.24. The Labute approximate surface area is 167 Å². The van der Waals surface area contributed by atoms with Crippen LogP contribution in [0.1, 0.15) is 42.4 Å². The number of hydrogen-bond donors (Lipinski definition) is 0. The van der Waals surface area contributed by atoms with E-state index in [0.29, 0.717) is 49.1 Å². The van der Waals surface area contributed by atoms with Crippen molar-refractivity contribution in [2.45, 2.75) is 39.2 Å². The maximum Gasteiger partial charge on any atom is 0.387 e. The van der Waals surface area contributed by atoms with Crippen LogP contribution >= 0.6 is 0 Å². The van der Waals surface area contributed by atoms with Crippen molar-refractivity contribution in [2.75, 3.05) is 19.7 Å². The van der Waals surface area contributed by atoms with Crippen LogP contribution in [0.5, 0.6) is 11.5 Å². The monoisotopic (exact) mass is 405 g/mol. The fraction of sp³-hybridized carbons (Fsp3) is 0.476. The lowest BCUT2D eigenvalue weighted by atomic mass is 10.2. The molecule has 0 unspecified atom stereocenters. The standard InChI is InChI=1S/C21H23F2N2O4/c1-2-15-18(20(26)25-9-3-4-10-25)24-19(28-15)14-7-8-16(29-21(22)23)17(11-14)27-12-13-5-6-13/h3,7-8,11,13,21H,2,4-6,9-10,12H2,1H3. The molecule has 1 aromatic carbocycles. The van der Waals surface area contributed by atoms with Gasteiger partial charge in [0.15, 0.2) is 17.2 Å². The van der Waals surface area contributed by atoms with Crippen LogP contribution in [0.25, 0.3) is 11.5 Å². The van der Waals surface area contributed by atoms with Crippen LogP contribution in [0.4, 0.5) is 8.78 Å². The van der Waals surface area contributed by atoms with E-state index in [2.05, 4.69) is 16.1 Å². The first-order valence-corrected chi connectivity index (χ1v) is 9.87. The van der Waals surface area contributed by atoms with Gasteiger partial charge in [0.25, 0.3) is 5.91 Å². The number of carbonyl (C=O) groups is 1. The van der Waals surface area contributed by atoms with Crippen molar-refractivity contribution in [2.24, 2.45) is 5.92 Å². The molecule has 0 bridgehead atoms. The fourth-order valence-electron chi connectivity index (χ4n) is 3.24. The number of rotatable bonds is 8. The summed E-state index contributed by atoms with van der Waals surface area (Å²) in [5.41, 5.74) is 0.838. The molecule has 0 atom stereocenters. The van der Waals surface area contributed by atoms with E-state index in [1.165, 1.54) is 6.07 Å². The lowest BCUT2D eigenvalue weighted by Crippen LogP contribution is -2.28. The molecule has 1 aliphatic carbocycles. The Kier molecular flexibility index (Phi) is 5.69. The molecule has 1 radical (unpaired) electrons. The van der Waals surface area contributed by atoms with Gasteiger partial charge in [-0.05, 0) is 49.8 Å². The average molecular weight is 405 g/mol. The maximum absolute atomic E-state index is 12.8. The van der Waals surface area contributed by atoms with Crippen molar-refractivity contribution >= 4 is 5.91 Å². The molecule has 4 rings (SSSR count). The highest BCUT2D eigenvalue weighted by atomic mass is 19.3. The number of halogens is 2. The number of likely N-dealkylation sites (tertiary alicyclic amines) is 1. The molecular weight excluding hydrogens is 382 g/mol. The van der Waals surface area contributed by atoms with Crippen LogP contribution in [0.2, 0.25) is 0 Å². The summed E-state index contributed by atoms with van der Waals surface area (Å²) in [6.45, 7) is 0.663. The van der Waals surface area contributed by atoms with E-state index in [1.807, 2.05) is 6.92 Å². The number of aryl methyl sites for hydroxylation is 1. The zero-order chi connectivity index (χ0) is 20.4. The summed E-state index contributed by atoms with van der Waals surface area (Å²) in [5.74, 6) is 1.24. The number of benzene rings is 1. The van der Waals surface area contributed by atoms with Crippen LogP contribution < -0.4 is 9.47 Å². The molecule has 1 saturated carbocycles. The van der Waals surface area contributed by atoms with Gasteiger partial charge in [-0.15, -0.1) is 0 Å². The third-order valence-corrected chi connectivity index (χ3v) is 5.04. The van der Waals surface area contributed by atoms with Gasteiger partial charge in [0, 0.05) is 25.1 Å². The third-order valence-electron chi connectivity index (χ3n) is 5.04. The molecule has 0 N–H and O–H groups in total. The molecule has 0 spiro atoms. The van der Waals surface area contributed by atoms with Gasteiger partial charge in [0.1, 0.15) is 5.76 Å². The molecule has 29 heavy (non-hydrogen) atoms. The Morgan fingerprint density at radius 3 is 2.83 bits per heavy atom. The lowest BCUT2D eigenvalue weighted by molar-refractivity contribution is -0.0515. The van der Waals surface area contributed by atoms with E-state index < -0.39 is 6.61 Å². The Bertz CT molecular complexity index is 874. The molecule has 155 valence electrons. The molecule has 2 aliphatic rings. The molecule has 8 heteroatoms. The van der Waals surface area contributed by atoms with Gasteiger partial charge in [0.05, 0.1) is 6.61 Å². The molecule has 2 aromatic rings. The smallest absolute Gasteiger partial charge is 0.387 e. The Morgan fingerprint density at radius 1 is 1.34 bits per heavy atom. The van der Waals surface area contributed by atoms with Gasteiger partial charge in [0.2, 0.25) is 5.89 Å². The number of ether oxygens (including phenoxy) is 2. The highest BCUT2D eigenvalue weighted by Crippen LogP contribution is 2.36. The minimum atomic E-state index is -2.95. The first-order valence-electron chi connectivity index (χ1n) is 9.87. The van der Waals surface area contributed by atoms with Crippen LogP contribution in [0.15, 0.2) is 22.6 Å². The third kappa shape index (κ3) is 4.52. The van der Waals surface area contributed by atoms with Gasteiger partial charge in [-0.2, -0.15) is 8.78 Å². The molecule has 1 aromatic heterocycles. The highest BCUT2D eigenvalue weighted by Gasteiger charge is 2.27. The van der Waals surface area contributed by atoms with Gasteiger partial charge >= 0.3 is 6.61 Å². The van der Waals surface area contributed by atoms with E-state index in [1.54, 1.807) is 17.0 Å². The van der Waals surface area contributed by atoms with E-state index >= 15 is 0 Å². The van der Waals surface area contributed by atoms with Crippen molar-refractivity contribution in [3.63, 3.8) is 0 Å². The zero-order valence-electron chi connectivity index (χ0n) is 16.2. The van der Waals surface area contributed by atoms with Crippen molar-refractivity contribution in [1.82, 2.24) is 9.88 Å². The van der Waals surface area contributed by atoms with Crippen LogP contribution in [-0.4, -0.2) is 42.1 Å². The average Bonchev–Trinajstić information content (AvgIpc) is 3.19. The van der Waals surface area contributed by atoms with Gasteiger partial charge < -0.3 is 18.8 Å². The second-order valence-electron chi connectivity index (χ2n) is 7.27. The molecule has 6 nitrogen and oxygen atoms in total. The summed E-state index contributed by atoms with van der Waals surface area (Å²) in [5, 5.41) is 0. The lowest BCUT2D eigenvalue weighted by Gasteiger charge is -2.13. The van der Waals surface area contributed by atoms with Crippen molar-refractivity contribution in [1.29, 1.82) is 0 Å². The summed E-state index contributed by atoms with van der Waals surface area (Å²) in [6.07, 6.45) is 5.58. The van der Waals surface area contributed by atoms with E-state index in [9.17, 15) is 13.6 Å². The minimum absolute atomic E-state index is 0.0319. The minimum Gasteiger partial charge on any atom is -0.489 e. The number of alkyl halides is 2. The van der Waals surface area contributed by atoms with Gasteiger partial charge in [-0.1, -0.05) is 6.92 Å². The second kappa shape index (κ2) is 8.39. The molecular formula is C21H23F2N2O4. The van der Waals surface area contributed by atoms with Crippen molar-refractivity contribution < 1.29 is 27.5 Å². The van der Waals surface area contributed by atoms with E-state index in [4.69, 9.17) is 9.15 Å². The summed E-state index contributed by atoms with van der Waals surface area (Å²) in [4.78, 5) is 18.9. The Hall–Kier alpha value is -2.64.